The quantitative estimate of drug-likeness (QED) is 0.563. The summed E-state index contributed by atoms with van der Waals surface area (Å²) in [4.78, 5) is 22.8. The summed E-state index contributed by atoms with van der Waals surface area (Å²) in [6.07, 6.45) is 0.951. The number of anilines is 1. The lowest BCUT2D eigenvalue weighted by molar-refractivity contribution is -0.384. The van der Waals surface area contributed by atoms with E-state index >= 15 is 0 Å². The Bertz CT molecular complexity index is 1000. The molecule has 0 fully saturated rings. The highest BCUT2D eigenvalue weighted by Gasteiger charge is 2.23. The van der Waals surface area contributed by atoms with Crippen LogP contribution in [0.5, 0.6) is 0 Å². The van der Waals surface area contributed by atoms with E-state index in [0.717, 1.165) is 33.3 Å². The molecule has 1 atom stereocenters. The van der Waals surface area contributed by atoms with E-state index in [-0.39, 0.29) is 17.4 Å². The van der Waals surface area contributed by atoms with E-state index in [0.29, 0.717) is 0 Å². The predicted octanol–water partition coefficient (Wildman–Crippen LogP) is 2.86. The van der Waals surface area contributed by atoms with Gasteiger partial charge in [0.2, 0.25) is 15.9 Å². The number of nitrogens with zero attached hydrogens (tertiary/aromatic N) is 2. The van der Waals surface area contributed by atoms with Crippen molar-refractivity contribution in [2.45, 2.75) is 26.8 Å². The first-order valence-electron chi connectivity index (χ1n) is 8.57. The van der Waals surface area contributed by atoms with Crippen molar-refractivity contribution in [2.24, 2.45) is 0 Å². The topological polar surface area (TPSA) is 110 Å². The van der Waals surface area contributed by atoms with Crippen molar-refractivity contribution in [2.75, 3.05) is 17.1 Å². The van der Waals surface area contributed by atoms with Crippen LogP contribution in [0.1, 0.15) is 29.7 Å². The van der Waals surface area contributed by atoms with Crippen LogP contribution in [-0.4, -0.2) is 32.0 Å². The second-order valence-electron chi connectivity index (χ2n) is 6.70. The number of aryl methyl sites for hydroxylation is 2. The van der Waals surface area contributed by atoms with Crippen LogP contribution in [0.3, 0.4) is 0 Å². The molecular weight excluding hydrogens is 382 g/mol. The fraction of sp³-hybridized carbons (Fsp3) is 0.316. The monoisotopic (exact) mass is 405 g/mol. The van der Waals surface area contributed by atoms with Gasteiger partial charge in [-0.1, -0.05) is 29.8 Å². The molecule has 0 saturated heterocycles. The molecule has 2 rings (SSSR count). The lowest BCUT2D eigenvalue weighted by atomic mass is 10.0. The van der Waals surface area contributed by atoms with Gasteiger partial charge in [0.05, 0.1) is 22.9 Å². The lowest BCUT2D eigenvalue weighted by Gasteiger charge is -2.23. The number of hydrogen-bond donors (Lipinski definition) is 1. The van der Waals surface area contributed by atoms with E-state index in [4.69, 9.17) is 0 Å². The van der Waals surface area contributed by atoms with Crippen LogP contribution in [-0.2, 0) is 14.8 Å². The molecule has 0 aromatic heterocycles. The van der Waals surface area contributed by atoms with Crippen LogP contribution in [0.15, 0.2) is 42.5 Å². The smallest absolute Gasteiger partial charge is 0.271 e. The molecule has 8 nitrogen and oxygen atoms in total. The summed E-state index contributed by atoms with van der Waals surface area (Å²) in [7, 11) is -3.82. The Balaban J connectivity index is 2.22. The molecule has 0 bridgehead atoms. The summed E-state index contributed by atoms with van der Waals surface area (Å²) in [5, 5.41) is 13.8. The maximum Gasteiger partial charge on any atom is 0.271 e. The third-order valence-electron chi connectivity index (χ3n) is 4.29. The van der Waals surface area contributed by atoms with Crippen LogP contribution in [0, 0.1) is 24.0 Å². The van der Waals surface area contributed by atoms with Crippen LogP contribution in [0.2, 0.25) is 0 Å². The summed E-state index contributed by atoms with van der Waals surface area (Å²) in [5.74, 6) is -0.510. The number of amides is 1. The maximum absolute atomic E-state index is 12.5. The highest BCUT2D eigenvalue weighted by atomic mass is 32.2. The van der Waals surface area contributed by atoms with Crippen molar-refractivity contribution >= 4 is 27.3 Å². The van der Waals surface area contributed by atoms with Gasteiger partial charge in [-0.3, -0.25) is 19.2 Å². The average molecular weight is 405 g/mol. The first-order chi connectivity index (χ1) is 13.0. The first-order valence-corrected chi connectivity index (χ1v) is 10.4. The third kappa shape index (κ3) is 5.29. The van der Waals surface area contributed by atoms with Crippen molar-refractivity contribution in [1.29, 1.82) is 0 Å². The number of rotatable bonds is 7. The average Bonchev–Trinajstić information content (AvgIpc) is 2.58. The number of nitro groups is 1. The van der Waals surface area contributed by atoms with Gasteiger partial charge in [0, 0.05) is 12.1 Å². The van der Waals surface area contributed by atoms with E-state index < -0.39 is 27.4 Å². The highest BCUT2D eigenvalue weighted by Crippen LogP contribution is 2.23. The van der Waals surface area contributed by atoms with E-state index in [1.165, 1.54) is 18.2 Å². The Labute approximate surface area is 164 Å². The normalized spacial score (nSPS) is 12.3. The van der Waals surface area contributed by atoms with Crippen LogP contribution in [0.4, 0.5) is 11.4 Å². The van der Waals surface area contributed by atoms with Gasteiger partial charge in [0.25, 0.3) is 5.69 Å². The molecular formula is C19H23N3O5S. The zero-order valence-electron chi connectivity index (χ0n) is 16.2. The molecule has 150 valence electrons. The molecule has 0 unspecified atom stereocenters. The van der Waals surface area contributed by atoms with E-state index in [1.807, 2.05) is 39.0 Å². The molecule has 9 heteroatoms. The maximum atomic E-state index is 12.5. The van der Waals surface area contributed by atoms with Gasteiger partial charge in [-0.25, -0.2) is 8.42 Å². The summed E-state index contributed by atoms with van der Waals surface area (Å²) in [6.45, 7) is 5.25. The number of benzene rings is 2. The summed E-state index contributed by atoms with van der Waals surface area (Å²) < 4.78 is 25.2. The Morgan fingerprint density at radius 2 is 1.89 bits per heavy atom. The van der Waals surface area contributed by atoms with Crippen molar-refractivity contribution in [3.63, 3.8) is 0 Å². The molecule has 0 radical (unpaired) electrons. The Morgan fingerprint density at radius 3 is 2.46 bits per heavy atom. The molecule has 1 amide bonds. The van der Waals surface area contributed by atoms with Gasteiger partial charge >= 0.3 is 0 Å². The molecule has 0 aliphatic heterocycles. The second kappa shape index (κ2) is 8.39. The zero-order chi connectivity index (χ0) is 21.1. The van der Waals surface area contributed by atoms with E-state index in [2.05, 4.69) is 5.32 Å². The number of non-ortho nitro benzene ring substituents is 1. The van der Waals surface area contributed by atoms with E-state index in [1.54, 1.807) is 0 Å². The van der Waals surface area contributed by atoms with Gasteiger partial charge in [0.15, 0.2) is 0 Å². The standard InChI is InChI=1S/C19H23N3O5S/c1-13-8-9-18(14(2)10-13)15(3)20-19(23)12-21(28(4,26)27)16-6-5-7-17(11-16)22(24)25/h5-11,15H,12H2,1-4H3,(H,20,23)/t15-/m0/s1. The second-order valence-corrected chi connectivity index (χ2v) is 8.60. The molecule has 1 N–H and O–H groups in total. The molecule has 2 aromatic rings. The summed E-state index contributed by atoms with van der Waals surface area (Å²) >= 11 is 0. The number of carbonyl (C=O) groups excluding carboxylic acids is 1. The van der Waals surface area contributed by atoms with Crippen LogP contribution < -0.4 is 9.62 Å². The third-order valence-corrected chi connectivity index (χ3v) is 5.43. The fourth-order valence-corrected chi connectivity index (χ4v) is 3.82. The Kier molecular flexibility index (Phi) is 6.40. The molecule has 28 heavy (non-hydrogen) atoms. The van der Waals surface area contributed by atoms with Crippen molar-refractivity contribution in [3.05, 3.63) is 69.3 Å². The minimum atomic E-state index is -3.82. The lowest BCUT2D eigenvalue weighted by Crippen LogP contribution is -2.41. The molecule has 0 aliphatic rings. The van der Waals surface area contributed by atoms with Gasteiger partial charge in [0.1, 0.15) is 6.54 Å². The van der Waals surface area contributed by atoms with Crippen molar-refractivity contribution in [3.8, 4) is 0 Å². The number of carbonyl (C=O) groups is 1. The van der Waals surface area contributed by atoms with E-state index in [9.17, 15) is 23.3 Å². The minimum absolute atomic E-state index is 0.0611. The Hall–Kier alpha value is -2.94. The molecule has 2 aromatic carbocycles. The fourth-order valence-electron chi connectivity index (χ4n) is 2.97. The van der Waals surface area contributed by atoms with Crippen LogP contribution >= 0.6 is 0 Å². The first kappa shape index (κ1) is 21.4. The molecule has 0 saturated carbocycles. The van der Waals surface area contributed by atoms with Gasteiger partial charge in [-0.2, -0.15) is 0 Å². The molecule has 0 heterocycles. The number of sulfonamides is 1. The highest BCUT2D eigenvalue weighted by molar-refractivity contribution is 7.92. The number of nitro benzene ring substituents is 1. The van der Waals surface area contributed by atoms with Crippen LogP contribution in [0.25, 0.3) is 0 Å². The largest absolute Gasteiger partial charge is 0.348 e. The van der Waals surface area contributed by atoms with Crippen molar-refractivity contribution in [1.82, 2.24) is 5.32 Å². The molecule has 0 aliphatic carbocycles. The van der Waals surface area contributed by atoms with Crippen molar-refractivity contribution < 1.29 is 18.1 Å². The zero-order valence-corrected chi connectivity index (χ0v) is 17.0. The van der Waals surface area contributed by atoms with Gasteiger partial charge in [-0.15, -0.1) is 0 Å². The summed E-state index contributed by atoms with van der Waals surface area (Å²) in [6, 6.07) is 10.7. The summed E-state index contributed by atoms with van der Waals surface area (Å²) in [5.41, 5.74) is 2.86. The minimum Gasteiger partial charge on any atom is -0.348 e. The number of nitrogens with one attached hydrogen (secondary N) is 1. The Morgan fingerprint density at radius 1 is 1.21 bits per heavy atom. The SMILES string of the molecule is Cc1ccc([C@H](C)NC(=O)CN(c2cccc([N+](=O)[O-])c2)S(C)(=O)=O)c(C)c1. The van der Waals surface area contributed by atoms with Gasteiger partial charge in [-0.05, 0) is 38.0 Å². The molecule has 0 spiro atoms. The number of hydrogen-bond acceptors (Lipinski definition) is 5. The van der Waals surface area contributed by atoms with Gasteiger partial charge < -0.3 is 5.32 Å². The predicted molar refractivity (Wildman–Crippen MR) is 108 cm³/mol.